The van der Waals surface area contributed by atoms with Gasteiger partial charge in [-0.15, -0.1) is 0 Å². The molecular formula is C47H31N3. The van der Waals surface area contributed by atoms with Crippen LogP contribution in [0.15, 0.2) is 188 Å². The second-order valence-electron chi connectivity index (χ2n) is 12.5. The SMILES string of the molecule is c1ccc(-c2cccc(-c3cc(-c4ccc(-c5cccnc5)cc4)nc(-c4ccc(-c5cc6ccccc6c6ccccc56)cc4)n3)c2)cc1. The van der Waals surface area contributed by atoms with E-state index in [1.165, 1.54) is 32.7 Å². The van der Waals surface area contributed by atoms with Crippen molar-refractivity contribution in [3.05, 3.63) is 188 Å². The van der Waals surface area contributed by atoms with Crippen molar-refractivity contribution in [3.63, 3.8) is 0 Å². The molecule has 0 N–H and O–H groups in total. The Bertz CT molecular complexity index is 2610. The Hall–Kier alpha value is -6.71. The topological polar surface area (TPSA) is 38.7 Å². The highest BCUT2D eigenvalue weighted by Crippen LogP contribution is 2.36. The average molecular weight is 638 g/mol. The zero-order valence-corrected chi connectivity index (χ0v) is 27.2. The van der Waals surface area contributed by atoms with Crippen LogP contribution in [0.2, 0.25) is 0 Å². The minimum absolute atomic E-state index is 0.689. The van der Waals surface area contributed by atoms with Crippen LogP contribution in [0.4, 0.5) is 0 Å². The molecule has 0 unspecified atom stereocenters. The normalized spacial score (nSPS) is 11.2. The van der Waals surface area contributed by atoms with E-state index in [1.807, 2.05) is 18.3 Å². The van der Waals surface area contributed by atoms with Crippen LogP contribution < -0.4 is 0 Å². The third kappa shape index (κ3) is 5.61. The van der Waals surface area contributed by atoms with Gasteiger partial charge in [0, 0.05) is 29.1 Å². The first-order valence-corrected chi connectivity index (χ1v) is 16.8. The second-order valence-corrected chi connectivity index (χ2v) is 12.5. The summed E-state index contributed by atoms with van der Waals surface area (Å²) in [5, 5.41) is 5.01. The van der Waals surface area contributed by atoms with Gasteiger partial charge in [-0.25, -0.2) is 9.97 Å². The molecule has 0 spiro atoms. The van der Waals surface area contributed by atoms with Crippen molar-refractivity contribution in [2.24, 2.45) is 0 Å². The Morgan fingerprint density at radius 3 is 1.68 bits per heavy atom. The van der Waals surface area contributed by atoms with Crippen LogP contribution in [0.25, 0.3) is 88.8 Å². The van der Waals surface area contributed by atoms with E-state index in [9.17, 15) is 0 Å². The van der Waals surface area contributed by atoms with E-state index in [1.54, 1.807) is 6.20 Å². The molecule has 234 valence electrons. The van der Waals surface area contributed by atoms with E-state index in [2.05, 4.69) is 169 Å². The molecule has 3 nitrogen and oxygen atoms in total. The standard InChI is InChI=1S/C47H31N3/c1-2-10-32(11-3-1)37-13-8-14-39(28-37)46-30-45(35-23-19-33(20-24-35)40-15-9-27-48-31-40)49-47(50-46)36-25-21-34(22-26-36)44-29-38-12-4-5-16-41(38)42-17-6-7-18-43(42)44/h1-31H. The van der Waals surface area contributed by atoms with Crippen LogP contribution in [0.5, 0.6) is 0 Å². The van der Waals surface area contributed by atoms with E-state index in [0.717, 1.165) is 50.3 Å². The Kier molecular flexibility index (Phi) is 7.49. The van der Waals surface area contributed by atoms with Gasteiger partial charge in [-0.1, -0.05) is 152 Å². The van der Waals surface area contributed by atoms with Gasteiger partial charge in [-0.3, -0.25) is 4.98 Å². The molecule has 9 aromatic rings. The third-order valence-electron chi connectivity index (χ3n) is 9.39. The molecule has 0 aliphatic rings. The molecule has 0 amide bonds. The fraction of sp³-hybridized carbons (Fsp3) is 0. The number of hydrogen-bond donors (Lipinski definition) is 0. The summed E-state index contributed by atoms with van der Waals surface area (Å²) in [5.41, 5.74) is 11.7. The molecule has 7 aromatic carbocycles. The summed E-state index contributed by atoms with van der Waals surface area (Å²) in [6.45, 7) is 0. The highest BCUT2D eigenvalue weighted by Gasteiger charge is 2.14. The molecular weight excluding hydrogens is 607 g/mol. The van der Waals surface area contributed by atoms with Gasteiger partial charge in [0.25, 0.3) is 0 Å². The first-order chi connectivity index (χ1) is 24.8. The average Bonchev–Trinajstić information content (AvgIpc) is 3.21. The van der Waals surface area contributed by atoms with Crippen molar-refractivity contribution >= 4 is 21.5 Å². The van der Waals surface area contributed by atoms with Crippen molar-refractivity contribution in [1.29, 1.82) is 0 Å². The van der Waals surface area contributed by atoms with Crippen molar-refractivity contribution in [2.45, 2.75) is 0 Å². The maximum atomic E-state index is 5.17. The fourth-order valence-corrected chi connectivity index (χ4v) is 6.82. The highest BCUT2D eigenvalue weighted by molar-refractivity contribution is 6.13. The number of fused-ring (bicyclic) bond motifs is 3. The van der Waals surface area contributed by atoms with E-state index >= 15 is 0 Å². The van der Waals surface area contributed by atoms with E-state index < -0.39 is 0 Å². The molecule has 0 atom stereocenters. The minimum atomic E-state index is 0.689. The predicted molar refractivity (Wildman–Crippen MR) is 207 cm³/mol. The molecule has 50 heavy (non-hydrogen) atoms. The van der Waals surface area contributed by atoms with Crippen molar-refractivity contribution in [2.75, 3.05) is 0 Å². The quantitative estimate of drug-likeness (QED) is 0.170. The van der Waals surface area contributed by atoms with Crippen LogP contribution >= 0.6 is 0 Å². The lowest BCUT2D eigenvalue weighted by Gasteiger charge is -2.13. The second kappa shape index (κ2) is 12.7. The van der Waals surface area contributed by atoms with E-state index in [0.29, 0.717) is 5.82 Å². The van der Waals surface area contributed by atoms with Crippen molar-refractivity contribution in [1.82, 2.24) is 15.0 Å². The molecule has 2 heterocycles. The Labute approximate surface area is 291 Å². The molecule has 0 fully saturated rings. The molecule has 9 rings (SSSR count). The fourth-order valence-electron chi connectivity index (χ4n) is 6.82. The van der Waals surface area contributed by atoms with Gasteiger partial charge < -0.3 is 0 Å². The van der Waals surface area contributed by atoms with E-state index in [-0.39, 0.29) is 0 Å². The molecule has 0 saturated heterocycles. The lowest BCUT2D eigenvalue weighted by atomic mass is 9.93. The molecule has 2 aromatic heterocycles. The first kappa shape index (κ1) is 29.4. The summed E-state index contributed by atoms with van der Waals surface area (Å²) in [6, 6.07) is 62.0. The van der Waals surface area contributed by atoms with Gasteiger partial charge in [0.05, 0.1) is 11.4 Å². The first-order valence-electron chi connectivity index (χ1n) is 16.8. The van der Waals surface area contributed by atoms with Crippen molar-refractivity contribution in [3.8, 4) is 67.3 Å². The van der Waals surface area contributed by atoms with Crippen LogP contribution in [-0.2, 0) is 0 Å². The maximum Gasteiger partial charge on any atom is 0.160 e. The molecule has 0 aliphatic carbocycles. The van der Waals surface area contributed by atoms with Gasteiger partial charge in [0.1, 0.15) is 0 Å². The summed E-state index contributed by atoms with van der Waals surface area (Å²) < 4.78 is 0. The summed E-state index contributed by atoms with van der Waals surface area (Å²) in [5.74, 6) is 0.689. The third-order valence-corrected chi connectivity index (χ3v) is 9.39. The van der Waals surface area contributed by atoms with Gasteiger partial charge in [0.2, 0.25) is 0 Å². The van der Waals surface area contributed by atoms with Crippen LogP contribution in [0, 0.1) is 0 Å². The number of hydrogen-bond acceptors (Lipinski definition) is 3. The van der Waals surface area contributed by atoms with Gasteiger partial charge in [-0.2, -0.15) is 0 Å². The largest absolute Gasteiger partial charge is 0.264 e. The number of nitrogens with zero attached hydrogens (tertiary/aromatic N) is 3. The smallest absolute Gasteiger partial charge is 0.160 e. The molecule has 3 heteroatoms. The summed E-state index contributed by atoms with van der Waals surface area (Å²) in [4.78, 5) is 14.6. The monoisotopic (exact) mass is 637 g/mol. The molecule has 0 bridgehead atoms. The van der Waals surface area contributed by atoms with Crippen LogP contribution in [0.1, 0.15) is 0 Å². The Morgan fingerprint density at radius 2 is 0.900 bits per heavy atom. The Balaban J connectivity index is 1.15. The van der Waals surface area contributed by atoms with E-state index in [4.69, 9.17) is 9.97 Å². The Morgan fingerprint density at radius 1 is 0.320 bits per heavy atom. The van der Waals surface area contributed by atoms with Gasteiger partial charge in [-0.05, 0) is 79.2 Å². The highest BCUT2D eigenvalue weighted by atomic mass is 14.9. The number of pyridine rings is 1. The number of benzene rings is 7. The summed E-state index contributed by atoms with van der Waals surface area (Å²) >= 11 is 0. The van der Waals surface area contributed by atoms with Gasteiger partial charge in [0.15, 0.2) is 5.82 Å². The maximum absolute atomic E-state index is 5.17. The molecule has 0 radical (unpaired) electrons. The number of rotatable bonds is 6. The van der Waals surface area contributed by atoms with Crippen molar-refractivity contribution < 1.29 is 0 Å². The lowest BCUT2D eigenvalue weighted by molar-refractivity contribution is 1.18. The molecule has 0 saturated carbocycles. The predicted octanol–water partition coefficient (Wildman–Crippen LogP) is 12.2. The molecule has 0 aliphatic heterocycles. The summed E-state index contributed by atoms with van der Waals surface area (Å²) in [6.07, 6.45) is 3.69. The van der Waals surface area contributed by atoms with Crippen LogP contribution in [0.3, 0.4) is 0 Å². The van der Waals surface area contributed by atoms with Crippen LogP contribution in [-0.4, -0.2) is 15.0 Å². The van der Waals surface area contributed by atoms with Gasteiger partial charge >= 0.3 is 0 Å². The number of aromatic nitrogens is 3. The summed E-state index contributed by atoms with van der Waals surface area (Å²) in [7, 11) is 0. The zero-order valence-electron chi connectivity index (χ0n) is 27.2. The minimum Gasteiger partial charge on any atom is -0.264 e. The zero-order chi connectivity index (χ0) is 33.3. The lowest BCUT2D eigenvalue weighted by Crippen LogP contribution is -1.96.